The number of ether oxygens (including phenoxy) is 2. The SMILES string of the molecule is COc1ccc(S(=O)(=O)Nc2ccc3nc(SCC(C)C)sc3c2)cc1OC. The molecule has 0 unspecified atom stereocenters. The van der Waals surface area contributed by atoms with E-state index in [4.69, 9.17) is 9.47 Å². The molecule has 2 aromatic carbocycles. The van der Waals surface area contributed by atoms with E-state index in [-0.39, 0.29) is 4.90 Å². The van der Waals surface area contributed by atoms with Gasteiger partial charge in [0.25, 0.3) is 10.0 Å². The summed E-state index contributed by atoms with van der Waals surface area (Å²) in [7, 11) is -0.792. The summed E-state index contributed by atoms with van der Waals surface area (Å²) in [4.78, 5) is 4.70. The van der Waals surface area contributed by atoms with Crippen LogP contribution in [0.15, 0.2) is 45.6 Å². The van der Waals surface area contributed by atoms with Gasteiger partial charge in [-0.05, 0) is 36.2 Å². The molecule has 3 aromatic rings. The molecule has 9 heteroatoms. The van der Waals surface area contributed by atoms with Crippen LogP contribution in [0.1, 0.15) is 13.8 Å². The van der Waals surface area contributed by atoms with Crippen molar-refractivity contribution in [3.05, 3.63) is 36.4 Å². The van der Waals surface area contributed by atoms with Crippen LogP contribution in [0.25, 0.3) is 10.2 Å². The van der Waals surface area contributed by atoms with Crippen molar-refractivity contribution in [1.29, 1.82) is 0 Å². The summed E-state index contributed by atoms with van der Waals surface area (Å²) in [5, 5.41) is 0. The average Bonchev–Trinajstić information content (AvgIpc) is 3.07. The second kappa shape index (κ2) is 8.59. The van der Waals surface area contributed by atoms with Gasteiger partial charge in [0.15, 0.2) is 15.8 Å². The summed E-state index contributed by atoms with van der Waals surface area (Å²) in [5.41, 5.74) is 1.36. The van der Waals surface area contributed by atoms with Gasteiger partial charge in [0, 0.05) is 11.8 Å². The maximum Gasteiger partial charge on any atom is 0.262 e. The van der Waals surface area contributed by atoms with Crippen molar-refractivity contribution in [2.24, 2.45) is 5.92 Å². The molecule has 0 atom stereocenters. The molecule has 0 aliphatic heterocycles. The fourth-order valence-corrected chi connectivity index (χ4v) is 5.61. The maximum absolute atomic E-state index is 12.8. The van der Waals surface area contributed by atoms with E-state index in [1.165, 1.54) is 26.4 Å². The lowest BCUT2D eigenvalue weighted by Crippen LogP contribution is -2.13. The van der Waals surface area contributed by atoms with Crippen LogP contribution in [0.3, 0.4) is 0 Å². The first-order chi connectivity index (χ1) is 13.3. The van der Waals surface area contributed by atoms with E-state index in [1.54, 1.807) is 35.2 Å². The van der Waals surface area contributed by atoms with Crippen LogP contribution in [-0.2, 0) is 10.0 Å². The number of anilines is 1. The number of nitrogens with one attached hydrogen (secondary N) is 1. The molecule has 1 heterocycles. The van der Waals surface area contributed by atoms with Crippen LogP contribution in [0.4, 0.5) is 5.69 Å². The Bertz CT molecular complexity index is 1080. The molecule has 0 saturated carbocycles. The van der Waals surface area contributed by atoms with Gasteiger partial charge in [-0.15, -0.1) is 11.3 Å². The molecule has 1 N–H and O–H groups in total. The number of benzene rings is 2. The van der Waals surface area contributed by atoms with E-state index in [1.807, 2.05) is 12.1 Å². The number of hydrogen-bond donors (Lipinski definition) is 1. The maximum atomic E-state index is 12.8. The highest BCUT2D eigenvalue weighted by Gasteiger charge is 2.18. The Morgan fingerprint density at radius 1 is 1.11 bits per heavy atom. The molecule has 0 aliphatic carbocycles. The zero-order valence-electron chi connectivity index (χ0n) is 16.1. The number of fused-ring (bicyclic) bond motifs is 1. The molecule has 0 bridgehead atoms. The van der Waals surface area contributed by atoms with Gasteiger partial charge < -0.3 is 9.47 Å². The topological polar surface area (TPSA) is 77.5 Å². The fraction of sp³-hybridized carbons (Fsp3) is 0.316. The monoisotopic (exact) mass is 438 g/mol. The second-order valence-electron chi connectivity index (χ2n) is 6.49. The number of thioether (sulfide) groups is 1. The van der Waals surface area contributed by atoms with Crippen molar-refractivity contribution in [2.45, 2.75) is 23.1 Å². The summed E-state index contributed by atoms with van der Waals surface area (Å²) >= 11 is 3.29. The van der Waals surface area contributed by atoms with Crippen molar-refractivity contribution < 1.29 is 17.9 Å². The Morgan fingerprint density at radius 2 is 1.86 bits per heavy atom. The molecule has 28 heavy (non-hydrogen) atoms. The van der Waals surface area contributed by atoms with Gasteiger partial charge in [-0.25, -0.2) is 13.4 Å². The first kappa shape index (κ1) is 20.8. The van der Waals surface area contributed by atoms with Gasteiger partial charge in [-0.1, -0.05) is 25.6 Å². The lowest BCUT2D eigenvalue weighted by Gasteiger charge is -2.11. The predicted molar refractivity (Wildman–Crippen MR) is 116 cm³/mol. The minimum absolute atomic E-state index is 0.0997. The van der Waals surface area contributed by atoms with E-state index >= 15 is 0 Å². The summed E-state index contributed by atoms with van der Waals surface area (Å²) in [5.74, 6) is 2.41. The molecule has 0 radical (unpaired) electrons. The van der Waals surface area contributed by atoms with Crippen LogP contribution in [0.5, 0.6) is 11.5 Å². The number of nitrogens with zero attached hydrogens (tertiary/aromatic N) is 1. The highest BCUT2D eigenvalue weighted by Crippen LogP contribution is 2.33. The largest absolute Gasteiger partial charge is 0.493 e. The van der Waals surface area contributed by atoms with Gasteiger partial charge in [0.05, 0.1) is 35.0 Å². The van der Waals surface area contributed by atoms with Gasteiger partial charge >= 0.3 is 0 Å². The molecular formula is C19H22N2O4S3. The van der Waals surface area contributed by atoms with Crippen molar-refractivity contribution in [1.82, 2.24) is 4.98 Å². The molecule has 6 nitrogen and oxygen atoms in total. The standard InChI is InChI=1S/C19H22N2O4S3/c1-12(2)11-26-19-20-15-7-5-13(9-18(15)27-19)21-28(22,23)14-6-8-16(24-3)17(10-14)25-4/h5-10,12,21H,11H2,1-4H3. The quantitative estimate of drug-likeness (QED) is 0.506. The van der Waals surface area contributed by atoms with Gasteiger partial charge in [0.2, 0.25) is 0 Å². The van der Waals surface area contributed by atoms with Crippen LogP contribution in [-0.4, -0.2) is 33.4 Å². The van der Waals surface area contributed by atoms with E-state index in [0.29, 0.717) is 23.1 Å². The van der Waals surface area contributed by atoms with E-state index in [9.17, 15) is 8.42 Å². The van der Waals surface area contributed by atoms with Crippen molar-refractivity contribution in [3.8, 4) is 11.5 Å². The summed E-state index contributed by atoms with van der Waals surface area (Å²) in [6.07, 6.45) is 0. The average molecular weight is 439 g/mol. The molecule has 0 amide bonds. The normalized spacial score (nSPS) is 11.8. The number of methoxy groups -OCH3 is 2. The smallest absolute Gasteiger partial charge is 0.262 e. The number of sulfonamides is 1. The molecule has 0 spiro atoms. The van der Waals surface area contributed by atoms with E-state index < -0.39 is 10.0 Å². The third-order valence-corrected chi connectivity index (χ3v) is 7.79. The Morgan fingerprint density at radius 3 is 2.54 bits per heavy atom. The zero-order valence-corrected chi connectivity index (χ0v) is 18.5. The minimum atomic E-state index is -3.76. The summed E-state index contributed by atoms with van der Waals surface area (Å²) in [6, 6.07) is 9.85. The van der Waals surface area contributed by atoms with Crippen LogP contribution < -0.4 is 14.2 Å². The molecule has 0 aliphatic rings. The Labute approximate surface area is 173 Å². The number of thiazole rings is 1. The van der Waals surface area contributed by atoms with Crippen molar-refractivity contribution in [2.75, 3.05) is 24.7 Å². The van der Waals surface area contributed by atoms with Gasteiger partial charge in [0.1, 0.15) is 0 Å². The minimum Gasteiger partial charge on any atom is -0.493 e. The molecule has 1 aromatic heterocycles. The highest BCUT2D eigenvalue weighted by atomic mass is 32.2. The Hall–Kier alpha value is -1.97. The van der Waals surface area contributed by atoms with Crippen LogP contribution >= 0.6 is 23.1 Å². The van der Waals surface area contributed by atoms with Gasteiger partial charge in [-0.2, -0.15) is 0 Å². The predicted octanol–water partition coefficient (Wildman–Crippen LogP) is 4.86. The Kier molecular flexibility index (Phi) is 6.36. The number of rotatable bonds is 8. The third-order valence-electron chi connectivity index (χ3n) is 3.83. The van der Waals surface area contributed by atoms with E-state index in [2.05, 4.69) is 23.6 Å². The second-order valence-corrected chi connectivity index (χ2v) is 10.5. The lowest BCUT2D eigenvalue weighted by atomic mass is 10.3. The first-order valence-corrected chi connectivity index (χ1v) is 11.9. The summed E-state index contributed by atoms with van der Waals surface area (Å²) < 4.78 is 40.4. The molecule has 0 fully saturated rings. The van der Waals surface area contributed by atoms with Crippen LogP contribution in [0.2, 0.25) is 0 Å². The van der Waals surface area contributed by atoms with Crippen LogP contribution in [0, 0.1) is 5.92 Å². The number of hydrogen-bond acceptors (Lipinski definition) is 7. The Balaban J connectivity index is 1.84. The third kappa shape index (κ3) is 4.71. The highest BCUT2D eigenvalue weighted by molar-refractivity contribution is 8.01. The van der Waals surface area contributed by atoms with Crippen molar-refractivity contribution in [3.63, 3.8) is 0 Å². The summed E-state index contributed by atoms with van der Waals surface area (Å²) in [6.45, 7) is 4.34. The fourth-order valence-electron chi connectivity index (χ4n) is 2.46. The molecule has 150 valence electrons. The molecule has 0 saturated heterocycles. The zero-order chi connectivity index (χ0) is 20.3. The van der Waals surface area contributed by atoms with Gasteiger partial charge in [-0.3, -0.25) is 4.72 Å². The molecule has 3 rings (SSSR count). The molecular weight excluding hydrogens is 416 g/mol. The van der Waals surface area contributed by atoms with Crippen molar-refractivity contribution >= 4 is 49.0 Å². The lowest BCUT2D eigenvalue weighted by molar-refractivity contribution is 0.354. The first-order valence-electron chi connectivity index (χ1n) is 8.60. The van der Waals surface area contributed by atoms with E-state index in [0.717, 1.165) is 20.3 Å². The number of aromatic nitrogens is 1.